The molecule has 5 aromatic carbocycles. The van der Waals surface area contributed by atoms with E-state index in [2.05, 4.69) is 38.5 Å². The van der Waals surface area contributed by atoms with E-state index in [1.165, 1.54) is 11.8 Å². The number of hydrogen-bond acceptors (Lipinski definition) is 4. The minimum Gasteiger partial charge on any atom is -0.325 e. The second-order valence-electron chi connectivity index (χ2n) is 9.82. The van der Waals surface area contributed by atoms with Gasteiger partial charge in [0.25, 0.3) is 11.8 Å². The Morgan fingerprint density at radius 3 is 2.07 bits per heavy atom. The second kappa shape index (κ2) is 15.6. The summed E-state index contributed by atoms with van der Waals surface area (Å²) in [5.74, 6) is -1.09. The van der Waals surface area contributed by atoms with E-state index in [1.807, 2.05) is 72.8 Å². The molecule has 0 aliphatic carbocycles. The first-order chi connectivity index (χ1) is 21.8. The van der Waals surface area contributed by atoms with Gasteiger partial charge in [0, 0.05) is 30.4 Å². The van der Waals surface area contributed by atoms with Crippen molar-refractivity contribution in [2.45, 2.75) is 10.1 Å². The molecule has 9 heteroatoms. The number of rotatable bonds is 10. The fraction of sp³-hybridized carbons (Fsp3) is 0.0278. The van der Waals surface area contributed by atoms with Crippen molar-refractivity contribution in [3.05, 3.63) is 164 Å². The normalized spacial score (nSPS) is 11.7. The van der Waals surface area contributed by atoms with E-state index < -0.39 is 17.1 Å². The Morgan fingerprint density at radius 2 is 1.38 bits per heavy atom. The summed E-state index contributed by atoms with van der Waals surface area (Å²) in [4.78, 5) is 40.8. The van der Waals surface area contributed by atoms with Crippen molar-refractivity contribution in [2.75, 3.05) is 10.6 Å². The van der Waals surface area contributed by atoms with Crippen LogP contribution in [0.2, 0.25) is 5.02 Å². The number of anilines is 2. The van der Waals surface area contributed by atoms with E-state index in [0.29, 0.717) is 27.5 Å². The highest BCUT2D eigenvalue weighted by Crippen LogP contribution is 2.37. The van der Waals surface area contributed by atoms with Crippen LogP contribution in [0, 0.1) is 3.57 Å². The zero-order valence-electron chi connectivity index (χ0n) is 23.7. The van der Waals surface area contributed by atoms with Gasteiger partial charge in [0.2, 0.25) is 5.91 Å². The van der Waals surface area contributed by atoms with Crippen LogP contribution in [0.25, 0.3) is 6.08 Å². The van der Waals surface area contributed by atoms with Gasteiger partial charge in [-0.25, -0.2) is 0 Å². The summed E-state index contributed by atoms with van der Waals surface area (Å²) in [5.41, 5.74) is 3.22. The molecule has 5 rings (SSSR count). The smallest absolute Gasteiger partial charge is 0.272 e. The molecule has 3 N–H and O–H groups in total. The number of carbonyl (C=O) groups is 3. The van der Waals surface area contributed by atoms with Crippen LogP contribution in [0.3, 0.4) is 0 Å². The summed E-state index contributed by atoms with van der Waals surface area (Å²) < 4.78 is 1.07. The molecule has 0 radical (unpaired) electrons. The van der Waals surface area contributed by atoms with Crippen molar-refractivity contribution < 1.29 is 14.4 Å². The van der Waals surface area contributed by atoms with Gasteiger partial charge in [-0.1, -0.05) is 78.3 Å². The van der Waals surface area contributed by atoms with Crippen LogP contribution in [0.1, 0.15) is 26.7 Å². The lowest BCUT2D eigenvalue weighted by Gasteiger charge is -2.18. The fourth-order valence-corrected chi connectivity index (χ4v) is 5.86. The quantitative estimate of drug-likeness (QED) is 0.0759. The SMILES string of the molecule is O=C(Nc1cccc(SC(C(=O)Nc2ccc(I)cc2)c2ccccc2)c1)/C(=C/c1ccc(Cl)cc1)NC(=O)c1ccccc1. The first-order valence-corrected chi connectivity index (χ1v) is 16.2. The van der Waals surface area contributed by atoms with E-state index in [-0.39, 0.29) is 11.6 Å². The maximum Gasteiger partial charge on any atom is 0.272 e. The van der Waals surface area contributed by atoms with Crippen LogP contribution < -0.4 is 16.0 Å². The first-order valence-electron chi connectivity index (χ1n) is 13.9. The highest BCUT2D eigenvalue weighted by Gasteiger charge is 2.23. The third-order valence-corrected chi connectivity index (χ3v) is 8.73. The standard InChI is InChI=1S/C36H27ClIN3O3S/c37-27-16-14-24(15-17-27)22-32(41-34(42)26-10-5-2-6-11-26)35(43)40-30-12-7-13-31(23-30)45-33(25-8-3-1-4-9-25)36(44)39-29-20-18-28(38)19-21-29/h1-23,33H,(H,39,44)(H,40,43)(H,41,42)/b32-22-. The molecule has 1 atom stereocenters. The molecular weight excluding hydrogens is 717 g/mol. The van der Waals surface area contributed by atoms with E-state index in [4.69, 9.17) is 11.6 Å². The third kappa shape index (κ3) is 9.31. The Kier molecular flexibility index (Phi) is 11.1. The van der Waals surface area contributed by atoms with Gasteiger partial charge in [-0.15, -0.1) is 11.8 Å². The molecule has 0 spiro atoms. The van der Waals surface area contributed by atoms with Crippen molar-refractivity contribution in [1.29, 1.82) is 0 Å². The zero-order valence-corrected chi connectivity index (χ0v) is 27.5. The Morgan fingerprint density at radius 1 is 0.711 bits per heavy atom. The Bertz CT molecular complexity index is 1820. The van der Waals surface area contributed by atoms with Crippen LogP contribution in [0.15, 0.2) is 144 Å². The van der Waals surface area contributed by atoms with Gasteiger partial charge in [0.05, 0.1) is 0 Å². The summed E-state index contributed by atoms with van der Waals surface area (Å²) >= 11 is 9.63. The van der Waals surface area contributed by atoms with Gasteiger partial charge in [-0.2, -0.15) is 0 Å². The number of nitrogens with one attached hydrogen (secondary N) is 3. The van der Waals surface area contributed by atoms with Crippen LogP contribution in [-0.2, 0) is 9.59 Å². The van der Waals surface area contributed by atoms with E-state index in [9.17, 15) is 14.4 Å². The molecule has 0 saturated carbocycles. The average Bonchev–Trinajstić information content (AvgIpc) is 3.06. The number of carbonyl (C=O) groups excluding carboxylic acids is 3. The molecular formula is C36H27ClIN3O3S. The maximum absolute atomic E-state index is 13.5. The number of thioether (sulfide) groups is 1. The molecule has 0 heterocycles. The molecule has 6 nitrogen and oxygen atoms in total. The van der Waals surface area contributed by atoms with Gasteiger partial charge in [0.15, 0.2) is 0 Å². The molecule has 5 aromatic rings. The number of hydrogen-bond donors (Lipinski definition) is 3. The monoisotopic (exact) mass is 743 g/mol. The van der Waals surface area contributed by atoms with E-state index >= 15 is 0 Å². The zero-order chi connectivity index (χ0) is 31.6. The molecule has 1 unspecified atom stereocenters. The van der Waals surface area contributed by atoms with Gasteiger partial charge in [0.1, 0.15) is 10.9 Å². The second-order valence-corrected chi connectivity index (χ2v) is 12.7. The minimum atomic E-state index is -0.554. The van der Waals surface area contributed by atoms with Crippen molar-refractivity contribution in [3.63, 3.8) is 0 Å². The number of amides is 3. The Labute approximate surface area is 284 Å². The van der Waals surface area contributed by atoms with Crippen molar-refractivity contribution >= 4 is 81.1 Å². The highest BCUT2D eigenvalue weighted by atomic mass is 127. The van der Waals surface area contributed by atoms with Crippen molar-refractivity contribution in [1.82, 2.24) is 5.32 Å². The summed E-state index contributed by atoms with van der Waals surface area (Å²) in [5, 5.41) is 8.66. The lowest BCUT2D eigenvalue weighted by molar-refractivity contribution is -0.116. The van der Waals surface area contributed by atoms with Crippen LogP contribution >= 0.6 is 46.0 Å². The topological polar surface area (TPSA) is 87.3 Å². The molecule has 0 aromatic heterocycles. The Balaban J connectivity index is 1.37. The molecule has 0 aliphatic rings. The minimum absolute atomic E-state index is 0.0586. The van der Waals surface area contributed by atoms with Gasteiger partial charge in [-0.05, 0) is 107 Å². The summed E-state index contributed by atoms with van der Waals surface area (Å²) in [7, 11) is 0. The predicted octanol–water partition coefficient (Wildman–Crippen LogP) is 8.83. The van der Waals surface area contributed by atoms with Crippen LogP contribution in [0.4, 0.5) is 11.4 Å². The number of halogens is 2. The van der Waals surface area contributed by atoms with Crippen LogP contribution in [-0.4, -0.2) is 17.7 Å². The molecule has 0 fully saturated rings. The molecule has 0 saturated heterocycles. The third-order valence-electron chi connectivity index (χ3n) is 6.51. The lowest BCUT2D eigenvalue weighted by atomic mass is 10.1. The summed E-state index contributed by atoms with van der Waals surface area (Å²) in [6, 6.07) is 40.0. The fourth-order valence-electron chi connectivity index (χ4n) is 4.29. The van der Waals surface area contributed by atoms with E-state index in [1.54, 1.807) is 66.7 Å². The van der Waals surface area contributed by atoms with E-state index in [0.717, 1.165) is 14.0 Å². The molecule has 0 bridgehead atoms. The van der Waals surface area contributed by atoms with Crippen molar-refractivity contribution in [3.8, 4) is 0 Å². The summed E-state index contributed by atoms with van der Waals surface area (Å²) in [6.07, 6.45) is 1.59. The number of benzene rings is 5. The average molecular weight is 744 g/mol. The summed E-state index contributed by atoms with van der Waals surface area (Å²) in [6.45, 7) is 0. The molecule has 45 heavy (non-hydrogen) atoms. The molecule has 0 aliphatic heterocycles. The predicted molar refractivity (Wildman–Crippen MR) is 191 cm³/mol. The first kappa shape index (κ1) is 32.0. The van der Waals surface area contributed by atoms with Gasteiger partial charge < -0.3 is 16.0 Å². The highest BCUT2D eigenvalue weighted by molar-refractivity contribution is 14.1. The largest absolute Gasteiger partial charge is 0.325 e. The van der Waals surface area contributed by atoms with Crippen LogP contribution in [0.5, 0.6) is 0 Å². The van der Waals surface area contributed by atoms with Crippen molar-refractivity contribution in [2.24, 2.45) is 0 Å². The molecule has 224 valence electrons. The molecule has 3 amide bonds. The van der Waals surface area contributed by atoms with Gasteiger partial charge in [-0.3, -0.25) is 14.4 Å². The Hall–Kier alpha value is -4.38. The lowest BCUT2D eigenvalue weighted by Crippen LogP contribution is -2.30. The van der Waals surface area contributed by atoms with Gasteiger partial charge >= 0.3 is 0 Å². The maximum atomic E-state index is 13.5.